The maximum absolute atomic E-state index is 11.8. The highest BCUT2D eigenvalue weighted by atomic mass is 35.5. The van der Waals surface area contributed by atoms with Gasteiger partial charge < -0.3 is 11.1 Å². The van der Waals surface area contributed by atoms with Crippen LogP contribution >= 0.6 is 24.0 Å². The SMILES string of the molecule is Cl.N[C@H]1CC[C@H](Nc2ccc(-n3nc(Cl)ccc3=O)cn2)C1. The molecule has 3 N–H and O–H groups in total. The summed E-state index contributed by atoms with van der Waals surface area (Å²) in [5.74, 6) is 0.771. The van der Waals surface area contributed by atoms with Crippen molar-refractivity contribution in [2.24, 2.45) is 5.73 Å². The van der Waals surface area contributed by atoms with Gasteiger partial charge in [0.05, 0.1) is 11.9 Å². The number of nitrogens with zero attached hydrogens (tertiary/aromatic N) is 3. The smallest absolute Gasteiger partial charge is 0.271 e. The van der Waals surface area contributed by atoms with Crippen molar-refractivity contribution in [3.63, 3.8) is 0 Å². The highest BCUT2D eigenvalue weighted by Gasteiger charge is 2.21. The summed E-state index contributed by atoms with van der Waals surface area (Å²) in [6.45, 7) is 0. The average Bonchev–Trinajstić information content (AvgIpc) is 2.88. The van der Waals surface area contributed by atoms with Crippen molar-refractivity contribution in [1.29, 1.82) is 0 Å². The van der Waals surface area contributed by atoms with E-state index in [-0.39, 0.29) is 29.2 Å². The summed E-state index contributed by atoms with van der Waals surface area (Å²) in [7, 11) is 0. The Morgan fingerprint density at radius 3 is 2.73 bits per heavy atom. The number of anilines is 1. The minimum Gasteiger partial charge on any atom is -0.367 e. The Morgan fingerprint density at radius 1 is 1.27 bits per heavy atom. The molecule has 6 nitrogen and oxygen atoms in total. The number of hydrogen-bond acceptors (Lipinski definition) is 5. The first kappa shape index (κ1) is 16.7. The summed E-state index contributed by atoms with van der Waals surface area (Å²) >= 11 is 5.81. The van der Waals surface area contributed by atoms with E-state index in [9.17, 15) is 4.79 Å². The number of hydrogen-bond donors (Lipinski definition) is 2. The molecule has 0 amide bonds. The van der Waals surface area contributed by atoms with Gasteiger partial charge in [-0.25, -0.2) is 4.98 Å². The highest BCUT2D eigenvalue weighted by molar-refractivity contribution is 6.29. The van der Waals surface area contributed by atoms with Gasteiger partial charge in [-0.1, -0.05) is 11.6 Å². The second-order valence-electron chi connectivity index (χ2n) is 5.22. The van der Waals surface area contributed by atoms with Crippen LogP contribution < -0.4 is 16.6 Å². The third-order valence-electron chi connectivity index (χ3n) is 3.59. The fourth-order valence-electron chi connectivity index (χ4n) is 2.53. The lowest BCUT2D eigenvalue weighted by Crippen LogP contribution is -2.22. The van der Waals surface area contributed by atoms with Crippen molar-refractivity contribution in [2.45, 2.75) is 31.3 Å². The van der Waals surface area contributed by atoms with Gasteiger partial charge in [-0.2, -0.15) is 9.78 Å². The van der Waals surface area contributed by atoms with Gasteiger partial charge in [0.15, 0.2) is 0 Å². The van der Waals surface area contributed by atoms with E-state index in [1.807, 2.05) is 6.07 Å². The Kier molecular flexibility index (Phi) is 5.39. The Bertz CT molecular complexity index is 688. The van der Waals surface area contributed by atoms with E-state index in [4.69, 9.17) is 17.3 Å². The van der Waals surface area contributed by atoms with Gasteiger partial charge in [-0.3, -0.25) is 4.79 Å². The molecule has 0 unspecified atom stereocenters. The van der Waals surface area contributed by atoms with Crippen LogP contribution in [0.4, 0.5) is 5.82 Å². The molecule has 0 bridgehead atoms. The normalized spacial score (nSPS) is 20.5. The van der Waals surface area contributed by atoms with Crippen LogP contribution in [0.1, 0.15) is 19.3 Å². The Hall–Kier alpha value is -1.63. The van der Waals surface area contributed by atoms with Crippen LogP contribution in [-0.4, -0.2) is 26.8 Å². The molecule has 22 heavy (non-hydrogen) atoms. The summed E-state index contributed by atoms with van der Waals surface area (Å²) in [6.07, 6.45) is 4.65. The molecule has 118 valence electrons. The number of nitrogens with two attached hydrogens (primary N) is 1. The largest absolute Gasteiger partial charge is 0.367 e. The standard InChI is InChI=1S/C14H16ClN5O.ClH/c15-12-4-6-14(21)20(19-12)11-3-5-13(17-8-11)18-10-2-1-9(16)7-10;/h3-6,8-10H,1-2,7,16H2,(H,17,18);1H/t9-,10-;/m0./s1. The molecule has 2 aromatic rings. The van der Waals surface area contributed by atoms with E-state index < -0.39 is 0 Å². The number of nitrogens with one attached hydrogen (secondary N) is 1. The molecule has 0 spiro atoms. The molecule has 8 heteroatoms. The maximum atomic E-state index is 11.8. The molecule has 1 aliphatic rings. The van der Waals surface area contributed by atoms with Gasteiger partial charge in [-0.05, 0) is 37.5 Å². The van der Waals surface area contributed by atoms with Crippen molar-refractivity contribution in [3.8, 4) is 5.69 Å². The first-order valence-electron chi connectivity index (χ1n) is 6.86. The van der Waals surface area contributed by atoms with Crippen LogP contribution in [0, 0.1) is 0 Å². The third kappa shape index (κ3) is 3.76. The lowest BCUT2D eigenvalue weighted by atomic mass is 10.2. The second kappa shape index (κ2) is 7.09. The first-order valence-corrected chi connectivity index (χ1v) is 7.24. The van der Waals surface area contributed by atoms with Crippen LogP contribution in [-0.2, 0) is 0 Å². The van der Waals surface area contributed by atoms with Crippen molar-refractivity contribution in [1.82, 2.24) is 14.8 Å². The van der Waals surface area contributed by atoms with Crippen molar-refractivity contribution >= 4 is 29.8 Å². The summed E-state index contributed by atoms with van der Waals surface area (Å²) < 4.78 is 1.23. The van der Waals surface area contributed by atoms with Gasteiger partial charge in [0.2, 0.25) is 0 Å². The average molecular weight is 342 g/mol. The minimum atomic E-state index is -0.247. The first-order chi connectivity index (χ1) is 10.1. The Balaban J connectivity index is 0.00000176. The summed E-state index contributed by atoms with van der Waals surface area (Å²) in [4.78, 5) is 16.1. The summed E-state index contributed by atoms with van der Waals surface area (Å²) in [5, 5.41) is 7.59. The van der Waals surface area contributed by atoms with E-state index in [2.05, 4.69) is 15.4 Å². The van der Waals surface area contributed by atoms with Crippen molar-refractivity contribution < 1.29 is 0 Å². The lowest BCUT2D eigenvalue weighted by Gasteiger charge is -2.13. The minimum absolute atomic E-state index is 0. The van der Waals surface area contributed by atoms with Gasteiger partial charge in [0.25, 0.3) is 5.56 Å². The number of pyridine rings is 1. The molecule has 1 saturated carbocycles. The molecule has 2 heterocycles. The van der Waals surface area contributed by atoms with E-state index in [0.717, 1.165) is 25.1 Å². The zero-order chi connectivity index (χ0) is 14.8. The zero-order valence-electron chi connectivity index (χ0n) is 11.8. The predicted molar refractivity (Wildman–Crippen MR) is 89.1 cm³/mol. The second-order valence-corrected chi connectivity index (χ2v) is 5.61. The fourth-order valence-corrected chi connectivity index (χ4v) is 2.67. The highest BCUT2D eigenvalue weighted by Crippen LogP contribution is 2.21. The molecule has 0 aromatic carbocycles. The Morgan fingerprint density at radius 2 is 2.09 bits per heavy atom. The van der Waals surface area contributed by atoms with Crippen LogP contribution in [0.25, 0.3) is 5.69 Å². The molecule has 0 aliphatic heterocycles. The maximum Gasteiger partial charge on any atom is 0.271 e. The summed E-state index contributed by atoms with van der Waals surface area (Å²) in [5.41, 5.74) is 6.22. The van der Waals surface area contributed by atoms with Crippen molar-refractivity contribution in [2.75, 3.05) is 5.32 Å². The monoisotopic (exact) mass is 341 g/mol. The summed E-state index contributed by atoms with van der Waals surface area (Å²) in [6, 6.07) is 7.10. The molecule has 0 radical (unpaired) electrons. The fraction of sp³-hybridized carbons (Fsp3) is 0.357. The molecule has 2 atom stereocenters. The van der Waals surface area contributed by atoms with Crippen LogP contribution in [0.2, 0.25) is 5.15 Å². The van der Waals surface area contributed by atoms with Gasteiger partial charge in [0, 0.05) is 18.2 Å². The molecule has 1 aliphatic carbocycles. The van der Waals surface area contributed by atoms with E-state index in [1.54, 1.807) is 12.3 Å². The predicted octanol–water partition coefficient (Wildman–Crippen LogP) is 1.99. The van der Waals surface area contributed by atoms with Gasteiger partial charge in [-0.15, -0.1) is 12.4 Å². The van der Waals surface area contributed by atoms with Gasteiger partial charge >= 0.3 is 0 Å². The molecule has 0 saturated heterocycles. The Labute approximate surface area is 139 Å². The van der Waals surface area contributed by atoms with Crippen LogP contribution in [0.5, 0.6) is 0 Å². The third-order valence-corrected chi connectivity index (χ3v) is 3.79. The number of aromatic nitrogens is 3. The van der Waals surface area contributed by atoms with Crippen molar-refractivity contribution in [3.05, 3.63) is 46.0 Å². The topological polar surface area (TPSA) is 85.8 Å². The van der Waals surface area contributed by atoms with Gasteiger partial charge in [0.1, 0.15) is 11.0 Å². The lowest BCUT2D eigenvalue weighted by molar-refractivity contribution is 0.686. The molecule has 1 fully saturated rings. The van der Waals surface area contributed by atoms with E-state index in [0.29, 0.717) is 11.7 Å². The van der Waals surface area contributed by atoms with E-state index >= 15 is 0 Å². The molecule has 2 aromatic heterocycles. The number of halogens is 2. The molecular formula is C14H17Cl2N5O. The van der Waals surface area contributed by atoms with Crippen LogP contribution in [0.15, 0.2) is 35.3 Å². The quantitative estimate of drug-likeness (QED) is 0.891. The number of rotatable bonds is 3. The molecular weight excluding hydrogens is 325 g/mol. The zero-order valence-corrected chi connectivity index (χ0v) is 13.3. The molecule has 3 rings (SSSR count). The van der Waals surface area contributed by atoms with Crippen LogP contribution in [0.3, 0.4) is 0 Å². The van der Waals surface area contributed by atoms with E-state index in [1.165, 1.54) is 16.8 Å².